The molecular formula is C14H20ClN3O2. The van der Waals surface area contributed by atoms with Crippen LogP contribution in [0.5, 0.6) is 0 Å². The van der Waals surface area contributed by atoms with Crippen molar-refractivity contribution in [3.8, 4) is 0 Å². The second kappa shape index (κ2) is 6.06. The third-order valence-corrected chi connectivity index (χ3v) is 3.28. The number of nitrogens with zero attached hydrogens (tertiary/aromatic N) is 3. The minimum atomic E-state index is -0.453. The maximum Gasteiger partial charge on any atom is 0.323 e. The van der Waals surface area contributed by atoms with Crippen molar-refractivity contribution >= 4 is 17.6 Å². The third kappa shape index (κ3) is 4.15. The lowest BCUT2D eigenvalue weighted by Gasteiger charge is -2.27. The molecule has 0 radical (unpaired) electrons. The Morgan fingerprint density at radius 2 is 2.20 bits per heavy atom. The summed E-state index contributed by atoms with van der Waals surface area (Å²) in [5.41, 5.74) is 0.357. The molecule has 1 atom stereocenters. The zero-order valence-corrected chi connectivity index (χ0v) is 12.9. The van der Waals surface area contributed by atoms with E-state index in [9.17, 15) is 4.79 Å². The molecule has 0 spiro atoms. The first kappa shape index (κ1) is 15.2. The van der Waals surface area contributed by atoms with Crippen molar-refractivity contribution in [2.24, 2.45) is 0 Å². The van der Waals surface area contributed by atoms with Crippen LogP contribution in [0.1, 0.15) is 39.3 Å². The predicted octanol–water partition coefficient (Wildman–Crippen LogP) is 2.44. The van der Waals surface area contributed by atoms with Crippen molar-refractivity contribution in [1.29, 1.82) is 0 Å². The molecule has 5 nitrogen and oxygen atoms in total. The maximum absolute atomic E-state index is 12.2. The molecule has 1 fully saturated rings. The van der Waals surface area contributed by atoms with E-state index in [0.29, 0.717) is 11.7 Å². The van der Waals surface area contributed by atoms with Gasteiger partial charge in [-0.1, -0.05) is 11.6 Å². The van der Waals surface area contributed by atoms with E-state index in [4.69, 9.17) is 16.3 Å². The van der Waals surface area contributed by atoms with E-state index in [1.165, 1.54) is 6.20 Å². The molecule has 0 aliphatic carbocycles. The monoisotopic (exact) mass is 297 g/mol. The quantitative estimate of drug-likeness (QED) is 0.802. The van der Waals surface area contributed by atoms with E-state index in [0.717, 1.165) is 25.1 Å². The number of esters is 1. The first-order chi connectivity index (χ1) is 9.35. The molecule has 110 valence electrons. The molecule has 0 saturated carbocycles. The van der Waals surface area contributed by atoms with E-state index >= 15 is 0 Å². The van der Waals surface area contributed by atoms with Crippen LogP contribution < -0.4 is 0 Å². The molecule has 0 aromatic carbocycles. The van der Waals surface area contributed by atoms with Crippen molar-refractivity contribution in [1.82, 2.24) is 14.9 Å². The standard InChI is InChI=1S/C14H20ClN3O2/c1-14(2,3)20-13(19)11-5-4-6-18(11)9-10-7-17-12(15)8-16-10/h7-8,11H,4-6,9H2,1-3H3/t11-/m1/s1. The maximum atomic E-state index is 12.2. The van der Waals surface area contributed by atoms with Gasteiger partial charge in [0.15, 0.2) is 0 Å². The lowest BCUT2D eigenvalue weighted by Crippen LogP contribution is -2.40. The van der Waals surface area contributed by atoms with Crippen LogP contribution in [0.25, 0.3) is 0 Å². The van der Waals surface area contributed by atoms with Crippen LogP contribution in [0.4, 0.5) is 0 Å². The van der Waals surface area contributed by atoms with Crippen LogP contribution in [0.2, 0.25) is 5.15 Å². The lowest BCUT2D eigenvalue weighted by atomic mass is 10.1. The molecule has 20 heavy (non-hydrogen) atoms. The van der Waals surface area contributed by atoms with Gasteiger partial charge in [-0.05, 0) is 40.2 Å². The Morgan fingerprint density at radius 3 is 2.80 bits per heavy atom. The zero-order valence-electron chi connectivity index (χ0n) is 12.1. The van der Waals surface area contributed by atoms with E-state index < -0.39 is 5.60 Å². The highest BCUT2D eigenvalue weighted by molar-refractivity contribution is 6.29. The van der Waals surface area contributed by atoms with Crippen molar-refractivity contribution in [2.75, 3.05) is 6.54 Å². The zero-order chi connectivity index (χ0) is 14.8. The minimum absolute atomic E-state index is 0.156. The number of hydrogen-bond acceptors (Lipinski definition) is 5. The van der Waals surface area contributed by atoms with Gasteiger partial charge in [-0.3, -0.25) is 14.7 Å². The van der Waals surface area contributed by atoms with Crippen LogP contribution >= 0.6 is 11.6 Å². The number of likely N-dealkylation sites (tertiary alicyclic amines) is 1. The van der Waals surface area contributed by atoms with Crippen molar-refractivity contribution in [3.05, 3.63) is 23.2 Å². The van der Waals surface area contributed by atoms with Gasteiger partial charge in [0, 0.05) is 6.54 Å². The van der Waals surface area contributed by atoms with E-state index in [1.54, 1.807) is 6.20 Å². The van der Waals surface area contributed by atoms with Crippen LogP contribution in [0.15, 0.2) is 12.4 Å². The number of hydrogen-bond donors (Lipinski definition) is 0. The largest absolute Gasteiger partial charge is 0.459 e. The van der Waals surface area contributed by atoms with Gasteiger partial charge in [0.05, 0.1) is 18.1 Å². The summed E-state index contributed by atoms with van der Waals surface area (Å²) in [5, 5.41) is 0.374. The topological polar surface area (TPSA) is 55.3 Å². The summed E-state index contributed by atoms with van der Waals surface area (Å²) in [6, 6.07) is -0.188. The number of halogens is 1. The highest BCUT2D eigenvalue weighted by Gasteiger charge is 2.34. The molecule has 1 aromatic rings. The number of rotatable bonds is 3. The second-order valence-corrected chi connectivity index (χ2v) is 6.38. The molecule has 1 saturated heterocycles. The van der Waals surface area contributed by atoms with Gasteiger partial charge < -0.3 is 4.74 Å². The molecule has 0 N–H and O–H groups in total. The van der Waals surface area contributed by atoms with Crippen LogP contribution in [-0.4, -0.2) is 39.0 Å². The van der Waals surface area contributed by atoms with Gasteiger partial charge in [0.1, 0.15) is 16.8 Å². The second-order valence-electron chi connectivity index (χ2n) is 5.99. The fraction of sp³-hybridized carbons (Fsp3) is 0.643. The average molecular weight is 298 g/mol. The summed E-state index contributed by atoms with van der Waals surface area (Å²) in [6.45, 7) is 7.11. The summed E-state index contributed by atoms with van der Waals surface area (Å²) in [4.78, 5) is 22.5. The smallest absolute Gasteiger partial charge is 0.323 e. The summed E-state index contributed by atoms with van der Waals surface area (Å²) in [6.07, 6.45) is 4.99. The summed E-state index contributed by atoms with van der Waals surface area (Å²) in [5.74, 6) is -0.156. The van der Waals surface area contributed by atoms with E-state index in [2.05, 4.69) is 14.9 Å². The van der Waals surface area contributed by atoms with Crippen molar-refractivity contribution in [3.63, 3.8) is 0 Å². The fourth-order valence-electron chi connectivity index (χ4n) is 2.28. The minimum Gasteiger partial charge on any atom is -0.459 e. The molecule has 0 amide bonds. The first-order valence-electron chi connectivity index (χ1n) is 6.78. The summed E-state index contributed by atoms with van der Waals surface area (Å²) >= 11 is 5.72. The SMILES string of the molecule is CC(C)(C)OC(=O)[C@H]1CCCN1Cc1cnc(Cl)cn1. The van der Waals surface area contributed by atoms with Gasteiger partial charge in [-0.15, -0.1) is 0 Å². The summed E-state index contributed by atoms with van der Waals surface area (Å²) in [7, 11) is 0. The number of carbonyl (C=O) groups excluding carboxylic acids is 1. The molecule has 6 heteroatoms. The van der Waals surface area contributed by atoms with E-state index in [-0.39, 0.29) is 12.0 Å². The Kier molecular flexibility index (Phi) is 4.60. The Hall–Kier alpha value is -1.20. The molecule has 1 aromatic heterocycles. The number of aromatic nitrogens is 2. The highest BCUT2D eigenvalue weighted by atomic mass is 35.5. The Balaban J connectivity index is 2.00. The van der Waals surface area contributed by atoms with Crippen LogP contribution in [0, 0.1) is 0 Å². The average Bonchev–Trinajstić information content (AvgIpc) is 2.78. The first-order valence-corrected chi connectivity index (χ1v) is 7.16. The third-order valence-electron chi connectivity index (χ3n) is 3.08. The fourth-order valence-corrected chi connectivity index (χ4v) is 2.38. The highest BCUT2D eigenvalue weighted by Crippen LogP contribution is 2.22. The number of ether oxygens (including phenoxy) is 1. The van der Waals surface area contributed by atoms with Crippen molar-refractivity contribution in [2.45, 2.75) is 51.8 Å². The molecular weight excluding hydrogens is 278 g/mol. The Bertz CT molecular complexity index is 470. The van der Waals surface area contributed by atoms with Gasteiger partial charge in [-0.2, -0.15) is 0 Å². The van der Waals surface area contributed by atoms with Gasteiger partial charge in [0.25, 0.3) is 0 Å². The molecule has 1 aliphatic heterocycles. The van der Waals surface area contributed by atoms with Gasteiger partial charge in [-0.25, -0.2) is 4.98 Å². The normalized spacial score (nSPS) is 20.1. The van der Waals surface area contributed by atoms with Crippen LogP contribution in [-0.2, 0) is 16.1 Å². The van der Waals surface area contributed by atoms with E-state index in [1.807, 2.05) is 20.8 Å². The summed E-state index contributed by atoms with van der Waals surface area (Å²) < 4.78 is 5.47. The molecule has 0 unspecified atom stereocenters. The number of carbonyl (C=O) groups is 1. The van der Waals surface area contributed by atoms with Crippen LogP contribution in [0.3, 0.4) is 0 Å². The van der Waals surface area contributed by atoms with Gasteiger partial charge >= 0.3 is 5.97 Å². The van der Waals surface area contributed by atoms with Crippen molar-refractivity contribution < 1.29 is 9.53 Å². The predicted molar refractivity (Wildman–Crippen MR) is 76.3 cm³/mol. The molecule has 2 heterocycles. The molecule has 2 rings (SSSR count). The Labute approximate surface area is 124 Å². The Morgan fingerprint density at radius 1 is 1.45 bits per heavy atom. The van der Waals surface area contributed by atoms with Gasteiger partial charge in [0.2, 0.25) is 0 Å². The molecule has 0 bridgehead atoms. The molecule has 1 aliphatic rings. The lowest BCUT2D eigenvalue weighted by molar-refractivity contribution is -0.160.